The zero-order valence-electron chi connectivity index (χ0n) is 11.1. The number of tetrazole rings is 1. The van der Waals surface area contributed by atoms with Crippen LogP contribution in [0, 0.1) is 11.8 Å². The molecule has 1 aromatic heterocycles. The fourth-order valence-electron chi connectivity index (χ4n) is 2.83. The van der Waals surface area contributed by atoms with E-state index in [9.17, 15) is 0 Å². The lowest BCUT2D eigenvalue weighted by molar-refractivity contribution is 0.203. The van der Waals surface area contributed by atoms with Crippen LogP contribution in [-0.4, -0.2) is 26.2 Å². The van der Waals surface area contributed by atoms with Crippen LogP contribution in [0.3, 0.4) is 0 Å². The maximum Gasteiger partial charge on any atom is 0.188 e. The van der Waals surface area contributed by atoms with Crippen molar-refractivity contribution in [1.29, 1.82) is 0 Å². The molecule has 0 aromatic carbocycles. The van der Waals surface area contributed by atoms with Gasteiger partial charge in [-0.2, -0.15) is 4.80 Å². The minimum Gasteiger partial charge on any atom is -0.307 e. The molecule has 0 saturated heterocycles. The average Bonchev–Trinajstić information content (AvgIpc) is 2.73. The van der Waals surface area contributed by atoms with E-state index in [1.54, 1.807) is 7.05 Å². The van der Waals surface area contributed by atoms with Crippen molar-refractivity contribution in [2.75, 3.05) is 0 Å². The SMILES string of the molecule is CC(C)C1CCCCC1NCc1nnn(C)n1. The third-order valence-electron chi connectivity index (χ3n) is 3.75. The van der Waals surface area contributed by atoms with Gasteiger partial charge in [-0.3, -0.25) is 0 Å². The summed E-state index contributed by atoms with van der Waals surface area (Å²) in [7, 11) is 1.80. The second-order valence-electron chi connectivity index (χ2n) is 5.37. The highest BCUT2D eigenvalue weighted by atomic mass is 15.6. The van der Waals surface area contributed by atoms with Crippen molar-refractivity contribution in [3.8, 4) is 0 Å². The van der Waals surface area contributed by atoms with E-state index in [2.05, 4.69) is 34.6 Å². The van der Waals surface area contributed by atoms with Crippen LogP contribution in [0.25, 0.3) is 0 Å². The first kappa shape index (κ1) is 12.5. The second-order valence-corrected chi connectivity index (χ2v) is 5.37. The van der Waals surface area contributed by atoms with Gasteiger partial charge in [-0.25, -0.2) is 0 Å². The molecule has 1 aliphatic rings. The van der Waals surface area contributed by atoms with Gasteiger partial charge in [0.05, 0.1) is 13.6 Å². The largest absolute Gasteiger partial charge is 0.307 e. The average molecular weight is 237 g/mol. The minimum absolute atomic E-state index is 0.618. The van der Waals surface area contributed by atoms with Gasteiger partial charge in [-0.05, 0) is 29.9 Å². The first-order chi connectivity index (χ1) is 8.16. The standard InChI is InChI=1S/C12H23N5/c1-9(2)10-6-4-5-7-11(10)13-8-12-14-16-17(3)15-12/h9-11,13H,4-8H2,1-3H3. The molecule has 5 nitrogen and oxygen atoms in total. The van der Waals surface area contributed by atoms with Gasteiger partial charge < -0.3 is 5.32 Å². The van der Waals surface area contributed by atoms with Crippen molar-refractivity contribution in [1.82, 2.24) is 25.5 Å². The molecule has 0 bridgehead atoms. The van der Waals surface area contributed by atoms with Crippen LogP contribution in [0.1, 0.15) is 45.4 Å². The van der Waals surface area contributed by atoms with E-state index in [0.29, 0.717) is 6.04 Å². The summed E-state index contributed by atoms with van der Waals surface area (Å²) in [5.41, 5.74) is 0. The molecule has 2 rings (SSSR count). The van der Waals surface area contributed by atoms with Gasteiger partial charge in [0, 0.05) is 6.04 Å². The van der Waals surface area contributed by atoms with Gasteiger partial charge in [-0.1, -0.05) is 26.7 Å². The Morgan fingerprint density at radius 3 is 2.76 bits per heavy atom. The summed E-state index contributed by atoms with van der Waals surface area (Å²) in [6.45, 7) is 5.39. The fourth-order valence-corrected chi connectivity index (χ4v) is 2.83. The predicted octanol–water partition coefficient (Wildman–Crippen LogP) is 1.51. The zero-order valence-corrected chi connectivity index (χ0v) is 11.1. The van der Waals surface area contributed by atoms with E-state index < -0.39 is 0 Å². The minimum atomic E-state index is 0.618. The van der Waals surface area contributed by atoms with Crippen LogP contribution in [0.4, 0.5) is 0 Å². The van der Waals surface area contributed by atoms with Crippen molar-refractivity contribution in [2.45, 2.75) is 52.1 Å². The Bertz CT molecular complexity index is 346. The third kappa shape index (κ3) is 3.25. The van der Waals surface area contributed by atoms with Crippen LogP contribution >= 0.6 is 0 Å². The normalized spacial score (nSPS) is 25.4. The van der Waals surface area contributed by atoms with Crippen LogP contribution < -0.4 is 5.32 Å². The Kier molecular flexibility index (Phi) is 4.10. The van der Waals surface area contributed by atoms with Gasteiger partial charge in [-0.15, -0.1) is 10.2 Å². The molecule has 96 valence electrons. The van der Waals surface area contributed by atoms with Crippen LogP contribution in [0.5, 0.6) is 0 Å². The lowest BCUT2D eigenvalue weighted by Crippen LogP contribution is -2.40. The summed E-state index contributed by atoms with van der Waals surface area (Å²) in [5, 5.41) is 15.7. The first-order valence-corrected chi connectivity index (χ1v) is 6.63. The van der Waals surface area contributed by atoms with E-state index in [4.69, 9.17) is 0 Å². The quantitative estimate of drug-likeness (QED) is 0.862. The lowest BCUT2D eigenvalue weighted by Gasteiger charge is -2.34. The topological polar surface area (TPSA) is 55.6 Å². The molecule has 1 aromatic rings. The maximum atomic E-state index is 4.20. The van der Waals surface area contributed by atoms with Gasteiger partial charge in [0.2, 0.25) is 0 Å². The molecular weight excluding hydrogens is 214 g/mol. The number of hydrogen-bond acceptors (Lipinski definition) is 4. The van der Waals surface area contributed by atoms with Crippen molar-refractivity contribution in [3.05, 3.63) is 5.82 Å². The Morgan fingerprint density at radius 2 is 2.12 bits per heavy atom. The molecule has 0 amide bonds. The molecule has 1 heterocycles. The number of aryl methyl sites for hydroxylation is 1. The molecule has 1 N–H and O–H groups in total. The molecule has 0 aliphatic heterocycles. The molecule has 0 radical (unpaired) electrons. The number of nitrogens with one attached hydrogen (secondary N) is 1. The molecule has 1 fully saturated rings. The Hall–Kier alpha value is -0.970. The highest BCUT2D eigenvalue weighted by Gasteiger charge is 2.27. The Morgan fingerprint density at radius 1 is 1.35 bits per heavy atom. The van der Waals surface area contributed by atoms with E-state index in [1.165, 1.54) is 30.5 Å². The second kappa shape index (κ2) is 5.58. The molecule has 0 spiro atoms. The summed E-state index contributed by atoms with van der Waals surface area (Å²) in [5.74, 6) is 2.34. The van der Waals surface area contributed by atoms with Crippen LogP contribution in [-0.2, 0) is 13.6 Å². The Balaban J connectivity index is 1.88. The summed E-state index contributed by atoms with van der Waals surface area (Å²) in [4.78, 5) is 1.51. The van der Waals surface area contributed by atoms with E-state index in [-0.39, 0.29) is 0 Å². The van der Waals surface area contributed by atoms with Crippen molar-refractivity contribution in [3.63, 3.8) is 0 Å². The summed E-state index contributed by atoms with van der Waals surface area (Å²) in [6.07, 6.45) is 5.35. The number of nitrogens with zero attached hydrogens (tertiary/aromatic N) is 4. The van der Waals surface area contributed by atoms with Gasteiger partial charge >= 0.3 is 0 Å². The highest BCUT2D eigenvalue weighted by molar-refractivity contribution is 4.85. The van der Waals surface area contributed by atoms with Gasteiger partial charge in [0.25, 0.3) is 0 Å². The molecule has 5 heteroatoms. The highest BCUT2D eigenvalue weighted by Crippen LogP contribution is 2.30. The summed E-state index contributed by atoms with van der Waals surface area (Å²) in [6, 6.07) is 0.618. The smallest absolute Gasteiger partial charge is 0.188 e. The predicted molar refractivity (Wildman–Crippen MR) is 66.2 cm³/mol. The fraction of sp³-hybridized carbons (Fsp3) is 0.917. The van der Waals surface area contributed by atoms with Crippen LogP contribution in [0.15, 0.2) is 0 Å². The molecule has 2 atom stereocenters. The zero-order chi connectivity index (χ0) is 12.3. The van der Waals surface area contributed by atoms with Crippen LogP contribution in [0.2, 0.25) is 0 Å². The third-order valence-corrected chi connectivity index (χ3v) is 3.75. The van der Waals surface area contributed by atoms with Crippen molar-refractivity contribution < 1.29 is 0 Å². The molecule has 17 heavy (non-hydrogen) atoms. The number of aromatic nitrogens is 4. The Labute approximate surface area is 103 Å². The van der Waals surface area contributed by atoms with Crippen molar-refractivity contribution >= 4 is 0 Å². The van der Waals surface area contributed by atoms with Gasteiger partial charge in [0.15, 0.2) is 5.82 Å². The molecule has 1 aliphatic carbocycles. The summed E-state index contributed by atoms with van der Waals surface area (Å²) < 4.78 is 0. The molecular formula is C12H23N5. The first-order valence-electron chi connectivity index (χ1n) is 6.63. The van der Waals surface area contributed by atoms with E-state index >= 15 is 0 Å². The van der Waals surface area contributed by atoms with Crippen molar-refractivity contribution in [2.24, 2.45) is 18.9 Å². The van der Waals surface area contributed by atoms with Gasteiger partial charge in [0.1, 0.15) is 0 Å². The number of rotatable bonds is 4. The molecule has 2 unspecified atom stereocenters. The summed E-state index contributed by atoms with van der Waals surface area (Å²) >= 11 is 0. The molecule has 1 saturated carbocycles. The van der Waals surface area contributed by atoms with E-state index in [0.717, 1.165) is 24.2 Å². The van der Waals surface area contributed by atoms with E-state index in [1.807, 2.05) is 0 Å². The maximum absolute atomic E-state index is 4.20. The monoisotopic (exact) mass is 237 g/mol. The number of hydrogen-bond donors (Lipinski definition) is 1. The lowest BCUT2D eigenvalue weighted by atomic mass is 9.78.